The molecule has 22 nitrogen and oxygen atoms in total. The average Bonchev–Trinajstić information content (AvgIpc) is 1.67. The highest BCUT2D eigenvalue weighted by atomic mass is 16.5. The van der Waals surface area contributed by atoms with Gasteiger partial charge in [-0.05, 0) is 127 Å². The van der Waals surface area contributed by atoms with E-state index in [0.717, 1.165) is 62.5 Å². The monoisotopic (exact) mass is 1410 g/mol. The van der Waals surface area contributed by atoms with Crippen LogP contribution in [0.1, 0.15) is 183 Å². The molecule has 2 aromatic rings. The minimum atomic E-state index is -1.05. The number of rotatable bonds is 40. The van der Waals surface area contributed by atoms with Crippen molar-refractivity contribution < 1.29 is 76.7 Å². The minimum absolute atomic E-state index is 0.00415. The van der Waals surface area contributed by atoms with Crippen LogP contribution in [0.15, 0.2) is 60.7 Å². The number of likely N-dealkylation sites (tertiary alicyclic amines) is 2. The van der Waals surface area contributed by atoms with Gasteiger partial charge < -0.3 is 59.9 Å². The maximum Gasteiger partial charge on any atom is 0.309 e. The van der Waals surface area contributed by atoms with Crippen LogP contribution >= 0.6 is 0 Å². The summed E-state index contributed by atoms with van der Waals surface area (Å²) in [7, 11) is 11.1. The lowest BCUT2D eigenvalue weighted by molar-refractivity contribution is -0.151. The van der Waals surface area contributed by atoms with Crippen LogP contribution in [0.2, 0.25) is 0 Å². The molecule has 0 spiro atoms. The summed E-state index contributed by atoms with van der Waals surface area (Å²) in [6, 6.07) is 17.4. The molecule has 2 saturated carbocycles. The summed E-state index contributed by atoms with van der Waals surface area (Å²) < 4.78 is 28.9. The standard InChI is InChI=1S/C40H63N3O8.C39H61N3O8/c1-25(2)30(23-34(45)40(4,5)41)38(47)42(6)36(28-17-13-18-28)33(49-7)24-35(46)43-20-14-19-31(43)37(50-8)26(3)32(44)22-29(39(48)51-9)21-27-15-11-10-12-16-27;1-24(2)29(22-33(44)39(4,5)40)37(46)41(6)35(27-16-12-17-27)32(49-7)23-34(45)42-19-13-18-30(42)36(50-8)25(3)31(43)21-28(38(47)48)20-26-14-10-9-11-15-26/h10-12,15-16,25-26,28-31,33,36-37H,13-14,17-24,41H2,1-9H3;9-11,14-15,24-25,27-30,32,35-36H,12-13,16-23,40H2,1-8H3,(H,47,48)/t26-,29+,30-,31-,33+,36-,37+;25-,28+,29-,30-,32+,35-,36+/m00/s1. The number of likely N-dealkylation sites (N-methyl/N-ethyl adjacent to an activating group) is 2. The third-order valence-corrected chi connectivity index (χ3v) is 22.4. The molecule has 22 heteroatoms. The van der Waals surface area contributed by atoms with Gasteiger partial charge in [0.15, 0.2) is 11.6 Å². The third-order valence-electron chi connectivity index (χ3n) is 22.4. The van der Waals surface area contributed by atoms with Crippen LogP contribution in [0.25, 0.3) is 0 Å². The summed E-state index contributed by atoms with van der Waals surface area (Å²) in [6.45, 7) is 18.9. The van der Waals surface area contributed by atoms with E-state index in [4.69, 9.17) is 35.2 Å². The molecule has 101 heavy (non-hydrogen) atoms. The predicted octanol–water partition coefficient (Wildman–Crippen LogP) is 9.15. The van der Waals surface area contributed by atoms with Crippen molar-refractivity contribution in [2.45, 2.75) is 244 Å². The van der Waals surface area contributed by atoms with Gasteiger partial charge in [-0.3, -0.25) is 47.9 Å². The highest BCUT2D eigenvalue weighted by molar-refractivity contribution is 5.93. The largest absolute Gasteiger partial charge is 0.481 e. The molecule has 0 unspecified atom stereocenters. The number of ether oxygens (including phenoxy) is 5. The summed E-state index contributed by atoms with van der Waals surface area (Å²) in [4.78, 5) is 141. The van der Waals surface area contributed by atoms with Crippen molar-refractivity contribution in [3.8, 4) is 0 Å². The smallest absolute Gasteiger partial charge is 0.309 e. The van der Waals surface area contributed by atoms with Crippen molar-refractivity contribution in [2.75, 3.05) is 62.7 Å². The highest BCUT2D eigenvalue weighted by Gasteiger charge is 2.48. The molecule has 4 aliphatic rings. The Bertz CT molecular complexity index is 3030. The molecule has 0 bridgehead atoms. The van der Waals surface area contributed by atoms with Crippen LogP contribution in [0.4, 0.5) is 0 Å². The SMILES string of the molecule is COC(=O)[C@@H](CC(=O)[C@H](C)[C@@H](OC)[C@@H]1CCCN1C(=O)C[C@@H](OC)[C@H](C1CCC1)N(C)C(=O)[C@@H](CC(=O)C(C)(C)N)C(C)C)Cc1ccccc1.CO[C@H]([C@@H](C)C(=O)C[C@@H](Cc1ccccc1)C(=O)O)[C@@H]1CCCN1C(=O)C[C@@H](OC)[C@H](C1CCC1)N(C)C(=O)[C@@H](CC(=O)C(C)(C)N)C(C)C. The second-order valence-electron chi connectivity index (χ2n) is 31.2. The lowest BCUT2D eigenvalue weighted by atomic mass is 9.75. The van der Waals surface area contributed by atoms with Crippen molar-refractivity contribution in [2.24, 2.45) is 70.6 Å². The van der Waals surface area contributed by atoms with Gasteiger partial charge in [-0.25, -0.2) is 0 Å². The van der Waals surface area contributed by atoms with E-state index in [1.807, 2.05) is 93.3 Å². The molecule has 566 valence electrons. The molecule has 4 fully saturated rings. The first-order chi connectivity index (χ1) is 47.6. The number of nitrogens with two attached hydrogens (primary N) is 2. The normalized spacial score (nSPS) is 20.2. The number of carboxylic acid groups (broad SMARTS) is 1. The van der Waals surface area contributed by atoms with Crippen LogP contribution < -0.4 is 11.5 Å². The Hall–Kier alpha value is -6.30. The van der Waals surface area contributed by atoms with E-state index in [2.05, 4.69) is 0 Å². The van der Waals surface area contributed by atoms with Gasteiger partial charge in [-0.2, -0.15) is 0 Å². The number of methoxy groups -OCH3 is 5. The second kappa shape index (κ2) is 39.5. The van der Waals surface area contributed by atoms with Gasteiger partial charge in [0.2, 0.25) is 23.6 Å². The van der Waals surface area contributed by atoms with E-state index in [1.54, 1.807) is 91.7 Å². The van der Waals surface area contributed by atoms with Gasteiger partial charge in [0.05, 0.1) is 91.4 Å². The first-order valence-corrected chi connectivity index (χ1v) is 36.9. The Morgan fingerprint density at radius 1 is 0.495 bits per heavy atom. The fraction of sp³-hybridized carbons (Fsp3) is 0.722. The first kappa shape index (κ1) is 85.3. The molecule has 0 radical (unpaired) electrons. The number of nitrogens with zero attached hydrogens (tertiary/aromatic N) is 4. The maximum absolute atomic E-state index is 14.2. The number of Topliss-reactive ketones (excluding diaryl/α,β-unsaturated/α-hetero) is 4. The Morgan fingerprint density at radius 2 is 0.842 bits per heavy atom. The zero-order chi connectivity index (χ0) is 75.4. The fourth-order valence-corrected chi connectivity index (χ4v) is 15.5. The molecular formula is C79H124N6O16. The van der Waals surface area contributed by atoms with Crippen molar-refractivity contribution in [3.63, 3.8) is 0 Å². The Labute approximate surface area is 602 Å². The quantitative estimate of drug-likeness (QED) is 0.0524. The fourth-order valence-electron chi connectivity index (χ4n) is 15.5. The number of ketones is 4. The molecule has 2 heterocycles. The molecule has 2 aliphatic heterocycles. The van der Waals surface area contributed by atoms with Gasteiger partial charge >= 0.3 is 11.9 Å². The van der Waals surface area contributed by atoms with E-state index in [9.17, 15) is 53.1 Å². The summed E-state index contributed by atoms with van der Waals surface area (Å²) in [5.74, 6) is -6.33. The van der Waals surface area contributed by atoms with E-state index in [1.165, 1.54) is 14.2 Å². The van der Waals surface area contributed by atoms with Gasteiger partial charge in [-0.1, -0.05) is 115 Å². The van der Waals surface area contributed by atoms with Gasteiger partial charge in [-0.15, -0.1) is 0 Å². The molecule has 2 saturated heterocycles. The molecule has 2 aromatic carbocycles. The summed E-state index contributed by atoms with van der Waals surface area (Å²) >= 11 is 0. The highest BCUT2D eigenvalue weighted by Crippen LogP contribution is 2.40. The van der Waals surface area contributed by atoms with Crippen LogP contribution in [-0.4, -0.2) is 206 Å². The lowest BCUT2D eigenvalue weighted by Crippen LogP contribution is -2.56. The Kier molecular flexibility index (Phi) is 33.4. The van der Waals surface area contributed by atoms with Crippen LogP contribution in [-0.2, 0) is 84.5 Å². The molecule has 14 atom stereocenters. The summed E-state index contributed by atoms with van der Waals surface area (Å²) in [6.07, 6.45) is 6.97. The van der Waals surface area contributed by atoms with Gasteiger partial charge in [0, 0.05) is 105 Å². The number of esters is 1. The number of benzene rings is 2. The zero-order valence-electron chi connectivity index (χ0n) is 63.8. The first-order valence-electron chi connectivity index (χ1n) is 36.9. The van der Waals surface area contributed by atoms with E-state index in [0.29, 0.717) is 32.4 Å². The van der Waals surface area contributed by atoms with Crippen LogP contribution in [0.3, 0.4) is 0 Å². The number of carboxylic acids is 1. The molecule has 0 aromatic heterocycles. The molecule has 2 aliphatic carbocycles. The third kappa shape index (κ3) is 23.3. The topological polar surface area (TPSA) is 302 Å². The van der Waals surface area contributed by atoms with Crippen molar-refractivity contribution >= 4 is 58.7 Å². The van der Waals surface area contributed by atoms with Crippen molar-refractivity contribution in [1.29, 1.82) is 0 Å². The second-order valence-corrected chi connectivity index (χ2v) is 31.2. The van der Waals surface area contributed by atoms with Gasteiger partial charge in [0.25, 0.3) is 0 Å². The molecule has 5 N–H and O–H groups in total. The number of hydrogen-bond acceptors (Lipinski definition) is 17. The zero-order valence-corrected chi connectivity index (χ0v) is 63.8. The molecular weight excluding hydrogens is 1290 g/mol. The van der Waals surface area contributed by atoms with E-state index in [-0.39, 0.29) is 140 Å². The number of amides is 4. The number of carbonyl (C=O) groups excluding carboxylic acids is 9. The van der Waals surface area contributed by atoms with Crippen molar-refractivity contribution in [3.05, 3.63) is 71.8 Å². The maximum atomic E-state index is 14.2. The van der Waals surface area contributed by atoms with Gasteiger partial charge in [0.1, 0.15) is 11.6 Å². The predicted molar refractivity (Wildman–Crippen MR) is 387 cm³/mol. The number of hydrogen-bond donors (Lipinski definition) is 3. The number of aliphatic carboxylic acids is 1. The lowest BCUT2D eigenvalue weighted by Gasteiger charge is -2.45. The van der Waals surface area contributed by atoms with E-state index < -0.39 is 82.9 Å². The van der Waals surface area contributed by atoms with Crippen LogP contribution in [0.5, 0.6) is 0 Å². The Balaban J connectivity index is 0.000000364. The van der Waals surface area contributed by atoms with Crippen LogP contribution in [0, 0.1) is 59.2 Å². The number of carbonyl (C=O) groups is 10. The summed E-state index contributed by atoms with van der Waals surface area (Å²) in [5, 5.41) is 9.91. The van der Waals surface area contributed by atoms with E-state index >= 15 is 0 Å². The van der Waals surface area contributed by atoms with Crippen molar-refractivity contribution in [1.82, 2.24) is 19.6 Å². The molecule has 6 rings (SSSR count). The minimum Gasteiger partial charge on any atom is -0.481 e. The molecule has 4 amide bonds. The Morgan fingerprint density at radius 3 is 1.13 bits per heavy atom. The average molecular weight is 1410 g/mol. The summed E-state index contributed by atoms with van der Waals surface area (Å²) in [5.41, 5.74) is 11.9.